The van der Waals surface area contributed by atoms with Crippen LogP contribution < -0.4 is 10.6 Å². The zero-order valence-corrected chi connectivity index (χ0v) is 17.4. The maximum Gasteiger partial charge on any atom is 0.407 e. The molecule has 0 aliphatic heterocycles. The Morgan fingerprint density at radius 2 is 1.67 bits per heavy atom. The van der Waals surface area contributed by atoms with Gasteiger partial charge in [-0.1, -0.05) is 48.5 Å². The van der Waals surface area contributed by atoms with Crippen LogP contribution in [0.4, 0.5) is 4.79 Å². The van der Waals surface area contributed by atoms with E-state index in [-0.39, 0.29) is 12.5 Å². The van der Waals surface area contributed by atoms with E-state index in [1.807, 2.05) is 54.8 Å². The molecule has 1 aliphatic carbocycles. The molecular formula is C22H24N2O5S. The number of carboxylic acid groups (broad SMARTS) is 1. The number of aliphatic carboxylic acids is 1. The lowest BCUT2D eigenvalue weighted by atomic mass is 9.98. The molecule has 0 heterocycles. The summed E-state index contributed by atoms with van der Waals surface area (Å²) in [5, 5.41) is 14.1. The third-order valence-corrected chi connectivity index (χ3v) is 5.55. The molecule has 2 amide bonds. The van der Waals surface area contributed by atoms with Crippen LogP contribution in [0.25, 0.3) is 11.1 Å². The number of carbonyl (C=O) groups is 3. The largest absolute Gasteiger partial charge is 0.481 e. The molecule has 0 saturated carbocycles. The second kappa shape index (κ2) is 10.2. The van der Waals surface area contributed by atoms with Crippen molar-refractivity contribution < 1.29 is 24.2 Å². The lowest BCUT2D eigenvalue weighted by Gasteiger charge is -2.18. The van der Waals surface area contributed by atoms with Crippen molar-refractivity contribution in [1.82, 2.24) is 10.6 Å². The van der Waals surface area contributed by atoms with E-state index in [0.717, 1.165) is 22.3 Å². The smallest absolute Gasteiger partial charge is 0.407 e. The van der Waals surface area contributed by atoms with Crippen LogP contribution in [-0.2, 0) is 14.3 Å². The number of alkyl carbamates (subject to hydrolysis) is 1. The Labute approximate surface area is 179 Å². The second-order valence-corrected chi connectivity index (χ2v) is 7.89. The van der Waals surface area contributed by atoms with Crippen molar-refractivity contribution in [3.63, 3.8) is 0 Å². The standard InChI is InChI=1S/C22H24N2O5S/c1-30-11-10-23-21(27)19(12-20(25)26)24-22(28)29-13-18-16-8-4-2-6-14(16)15-7-3-5-9-17(15)18/h2-9,18-19H,10-13H2,1H3,(H,23,27)(H,24,28)(H,25,26). The van der Waals surface area contributed by atoms with Crippen LogP contribution in [0.2, 0.25) is 0 Å². The molecular weight excluding hydrogens is 404 g/mol. The quantitative estimate of drug-likeness (QED) is 0.531. The van der Waals surface area contributed by atoms with Crippen LogP contribution in [-0.4, -0.2) is 54.3 Å². The summed E-state index contributed by atoms with van der Waals surface area (Å²) in [4.78, 5) is 35.7. The summed E-state index contributed by atoms with van der Waals surface area (Å²) in [6, 6.07) is 14.7. The molecule has 1 unspecified atom stereocenters. The molecule has 2 aromatic rings. The van der Waals surface area contributed by atoms with Crippen LogP contribution >= 0.6 is 11.8 Å². The number of benzene rings is 2. The number of amides is 2. The highest BCUT2D eigenvalue weighted by Crippen LogP contribution is 2.44. The van der Waals surface area contributed by atoms with Crippen molar-refractivity contribution >= 4 is 29.7 Å². The predicted molar refractivity (Wildman–Crippen MR) is 116 cm³/mol. The number of carbonyl (C=O) groups excluding carboxylic acids is 2. The van der Waals surface area contributed by atoms with Gasteiger partial charge in [0.15, 0.2) is 0 Å². The Morgan fingerprint density at radius 3 is 2.23 bits per heavy atom. The van der Waals surface area contributed by atoms with Gasteiger partial charge in [0.25, 0.3) is 0 Å². The third kappa shape index (κ3) is 5.13. The van der Waals surface area contributed by atoms with Crippen LogP contribution in [0.1, 0.15) is 23.5 Å². The number of rotatable bonds is 9. The lowest BCUT2D eigenvalue weighted by Crippen LogP contribution is -2.48. The fraction of sp³-hybridized carbons (Fsp3) is 0.318. The summed E-state index contributed by atoms with van der Waals surface area (Å²) < 4.78 is 5.40. The number of nitrogens with one attached hydrogen (secondary N) is 2. The Balaban J connectivity index is 1.64. The summed E-state index contributed by atoms with van der Waals surface area (Å²) >= 11 is 1.55. The van der Waals surface area contributed by atoms with Gasteiger partial charge >= 0.3 is 12.1 Å². The Morgan fingerprint density at radius 1 is 1.07 bits per heavy atom. The van der Waals surface area contributed by atoms with E-state index in [0.29, 0.717) is 12.3 Å². The molecule has 0 spiro atoms. The van der Waals surface area contributed by atoms with Crippen molar-refractivity contribution in [2.45, 2.75) is 18.4 Å². The van der Waals surface area contributed by atoms with E-state index in [1.54, 1.807) is 11.8 Å². The molecule has 3 rings (SSSR count). The number of ether oxygens (including phenoxy) is 1. The molecule has 0 radical (unpaired) electrons. The summed E-state index contributed by atoms with van der Waals surface area (Å²) in [7, 11) is 0. The van der Waals surface area contributed by atoms with Gasteiger partial charge in [0.2, 0.25) is 5.91 Å². The molecule has 0 aromatic heterocycles. The molecule has 1 atom stereocenters. The van der Waals surface area contributed by atoms with Gasteiger partial charge in [-0.05, 0) is 28.5 Å². The minimum atomic E-state index is -1.19. The van der Waals surface area contributed by atoms with Gasteiger partial charge < -0.3 is 20.5 Å². The summed E-state index contributed by atoms with van der Waals surface area (Å²) in [6.07, 6.45) is 0.564. The molecule has 0 fully saturated rings. The van der Waals surface area contributed by atoms with Crippen LogP contribution in [0.3, 0.4) is 0 Å². The topological polar surface area (TPSA) is 105 Å². The molecule has 8 heteroatoms. The average Bonchev–Trinajstić information content (AvgIpc) is 3.05. The van der Waals surface area contributed by atoms with E-state index in [9.17, 15) is 14.4 Å². The number of hydrogen-bond acceptors (Lipinski definition) is 5. The molecule has 30 heavy (non-hydrogen) atoms. The van der Waals surface area contributed by atoms with E-state index >= 15 is 0 Å². The first kappa shape index (κ1) is 21.7. The summed E-state index contributed by atoms with van der Waals surface area (Å²) in [5.41, 5.74) is 4.37. The third-order valence-electron chi connectivity index (χ3n) is 4.94. The SMILES string of the molecule is CSCCNC(=O)C(CC(=O)O)NC(=O)OCC1c2ccccc2-c2ccccc21. The Kier molecular flexibility index (Phi) is 7.35. The molecule has 2 aromatic carbocycles. The Hall–Kier alpha value is -3.00. The van der Waals surface area contributed by atoms with E-state index in [1.165, 1.54) is 0 Å². The number of hydrogen-bond donors (Lipinski definition) is 3. The van der Waals surface area contributed by atoms with E-state index in [2.05, 4.69) is 10.6 Å². The van der Waals surface area contributed by atoms with Crippen LogP contribution in [0, 0.1) is 0 Å². The maximum atomic E-state index is 12.3. The highest BCUT2D eigenvalue weighted by Gasteiger charge is 2.30. The normalized spacial score (nSPS) is 13.1. The fourth-order valence-corrected chi connectivity index (χ4v) is 3.87. The van der Waals surface area contributed by atoms with Crippen molar-refractivity contribution in [2.24, 2.45) is 0 Å². The minimum Gasteiger partial charge on any atom is -0.481 e. The first-order chi connectivity index (χ1) is 14.5. The number of carboxylic acids is 1. The van der Waals surface area contributed by atoms with Gasteiger partial charge in [0.05, 0.1) is 6.42 Å². The van der Waals surface area contributed by atoms with Crippen molar-refractivity contribution in [3.8, 4) is 11.1 Å². The predicted octanol–water partition coefficient (Wildman–Crippen LogP) is 2.85. The second-order valence-electron chi connectivity index (χ2n) is 6.90. The highest BCUT2D eigenvalue weighted by atomic mass is 32.2. The molecule has 0 bridgehead atoms. The van der Waals surface area contributed by atoms with Crippen molar-refractivity contribution in [2.75, 3.05) is 25.2 Å². The molecule has 1 aliphatic rings. The highest BCUT2D eigenvalue weighted by molar-refractivity contribution is 7.98. The van der Waals surface area contributed by atoms with E-state index < -0.39 is 30.4 Å². The van der Waals surface area contributed by atoms with Gasteiger partial charge in [-0.2, -0.15) is 11.8 Å². The average molecular weight is 429 g/mol. The van der Waals surface area contributed by atoms with Gasteiger partial charge in [-0.15, -0.1) is 0 Å². The number of fused-ring (bicyclic) bond motifs is 3. The van der Waals surface area contributed by atoms with Gasteiger partial charge in [0.1, 0.15) is 12.6 Å². The summed E-state index contributed by atoms with van der Waals surface area (Å²) in [5.74, 6) is -1.15. The number of thioether (sulfide) groups is 1. The zero-order chi connectivity index (χ0) is 21.5. The molecule has 7 nitrogen and oxygen atoms in total. The lowest BCUT2D eigenvalue weighted by molar-refractivity contribution is -0.139. The van der Waals surface area contributed by atoms with Gasteiger partial charge in [-0.3, -0.25) is 9.59 Å². The van der Waals surface area contributed by atoms with Crippen LogP contribution in [0.15, 0.2) is 48.5 Å². The van der Waals surface area contributed by atoms with E-state index in [4.69, 9.17) is 9.84 Å². The molecule has 158 valence electrons. The van der Waals surface area contributed by atoms with Crippen molar-refractivity contribution in [1.29, 1.82) is 0 Å². The van der Waals surface area contributed by atoms with Crippen LogP contribution in [0.5, 0.6) is 0 Å². The first-order valence-corrected chi connectivity index (χ1v) is 11.0. The van der Waals surface area contributed by atoms with Gasteiger partial charge in [0, 0.05) is 18.2 Å². The minimum absolute atomic E-state index is 0.0910. The molecule has 3 N–H and O–H groups in total. The van der Waals surface area contributed by atoms with Gasteiger partial charge in [-0.25, -0.2) is 4.79 Å². The first-order valence-electron chi connectivity index (χ1n) is 9.61. The maximum absolute atomic E-state index is 12.3. The fourth-order valence-electron chi connectivity index (χ4n) is 3.57. The molecule has 0 saturated heterocycles. The Bertz CT molecular complexity index is 888. The summed E-state index contributed by atoms with van der Waals surface area (Å²) in [6.45, 7) is 0.482. The zero-order valence-electron chi connectivity index (χ0n) is 16.6. The van der Waals surface area contributed by atoms with Crippen molar-refractivity contribution in [3.05, 3.63) is 59.7 Å². The monoisotopic (exact) mass is 428 g/mol.